The summed E-state index contributed by atoms with van der Waals surface area (Å²) in [5.74, 6) is 0. The van der Waals surface area contributed by atoms with Crippen LogP contribution in [0, 0.1) is 0 Å². The summed E-state index contributed by atoms with van der Waals surface area (Å²) in [6.07, 6.45) is 5.60. The molecule has 0 aliphatic rings. The molecule has 0 aliphatic heterocycles. The first-order valence-corrected chi connectivity index (χ1v) is 50.8. The third-order valence-corrected chi connectivity index (χ3v) is 26.3. The summed E-state index contributed by atoms with van der Waals surface area (Å²) in [5.41, 5.74) is 19.2. The molecule has 0 amide bonds. The van der Waals surface area contributed by atoms with Crippen LogP contribution >= 0.6 is 0 Å². The van der Waals surface area contributed by atoms with E-state index in [4.69, 9.17) is 0 Å². The van der Waals surface area contributed by atoms with Gasteiger partial charge in [0, 0.05) is 124 Å². The van der Waals surface area contributed by atoms with Gasteiger partial charge in [-0.15, -0.1) is 0 Å². The van der Waals surface area contributed by atoms with Crippen LogP contribution in [0.5, 0.6) is 0 Å². The predicted molar refractivity (Wildman–Crippen MR) is 629 cm³/mol. The second-order valence-electron chi connectivity index (χ2n) is 44.4. The van der Waals surface area contributed by atoms with Gasteiger partial charge in [0.2, 0.25) is 0 Å². The normalized spacial score (nSPS) is 11.8. The van der Waals surface area contributed by atoms with Gasteiger partial charge in [-0.2, -0.15) is 0 Å². The van der Waals surface area contributed by atoms with E-state index in [0.29, 0.717) is 0 Å². The second kappa shape index (κ2) is 43.5. The van der Waals surface area contributed by atoms with E-state index < -0.39 is 0 Å². The molecule has 22 aromatic rings. The van der Waals surface area contributed by atoms with E-state index in [1.165, 1.54) is 171 Å². The van der Waals surface area contributed by atoms with Crippen LogP contribution in [0.1, 0.15) is 151 Å². The number of benzene rings is 20. The van der Waals surface area contributed by atoms with Gasteiger partial charge in [0.1, 0.15) is 0 Å². The molecule has 0 bridgehead atoms. The van der Waals surface area contributed by atoms with Crippen molar-refractivity contribution in [3.05, 3.63) is 479 Å². The summed E-state index contributed by atoms with van der Waals surface area (Å²) in [4.78, 5) is 13.6. The lowest BCUT2D eigenvalue weighted by Crippen LogP contribution is -2.37. The molecule has 0 saturated heterocycles. The first kappa shape index (κ1) is 101. The van der Waals surface area contributed by atoms with Crippen molar-refractivity contribution in [2.45, 2.75) is 184 Å². The lowest BCUT2D eigenvalue weighted by atomic mass is 9.84. The minimum absolute atomic E-state index is 0.0229. The van der Waals surface area contributed by atoms with Gasteiger partial charge >= 0.3 is 0 Å². The van der Waals surface area contributed by atoms with Crippen molar-refractivity contribution in [2.75, 3.05) is 19.6 Å². The molecule has 0 saturated carbocycles. The Morgan fingerprint density at radius 2 is 0.479 bits per heavy atom. The van der Waals surface area contributed by atoms with Crippen LogP contribution in [0.4, 0.5) is 45.5 Å². The van der Waals surface area contributed by atoms with Gasteiger partial charge < -0.3 is 28.7 Å². The molecular weight excluding hydrogens is 1740 g/mol. The minimum Gasteiger partial charge on any atom is -0.336 e. The molecule has 0 spiro atoms. The maximum Gasteiger partial charge on any atom is 0.0950 e. The smallest absolute Gasteiger partial charge is 0.0950 e. The van der Waals surface area contributed by atoms with Crippen LogP contribution in [0.25, 0.3) is 119 Å². The molecule has 2 aromatic heterocycles. The molecule has 0 N–H and O–H groups in total. The lowest BCUT2D eigenvalue weighted by Gasteiger charge is -2.39. The van der Waals surface area contributed by atoms with Crippen LogP contribution < -0.4 is 19.6 Å². The van der Waals surface area contributed by atoms with E-state index in [2.05, 4.69) is 634 Å². The van der Waals surface area contributed by atoms with Crippen molar-refractivity contribution >= 4 is 143 Å². The Morgan fingerprint density at radius 3 is 0.819 bits per heavy atom. The predicted octanol–water partition coefficient (Wildman–Crippen LogP) is 39.1. The minimum atomic E-state index is -0.0474. The second-order valence-corrected chi connectivity index (χ2v) is 44.4. The Kier molecular flexibility index (Phi) is 30.6. The number of nitrogens with zero attached hydrogens (tertiary/aromatic N) is 7. The number of anilines is 8. The molecule has 2 heterocycles. The van der Waals surface area contributed by atoms with Crippen LogP contribution in [0.15, 0.2) is 474 Å². The summed E-state index contributed by atoms with van der Waals surface area (Å²) in [7, 11) is 0. The van der Waals surface area contributed by atoms with E-state index in [1.807, 2.05) is 12.5 Å². The third-order valence-electron chi connectivity index (χ3n) is 26.3. The van der Waals surface area contributed by atoms with Gasteiger partial charge in [0.15, 0.2) is 0 Å². The first-order chi connectivity index (χ1) is 68.9. The molecule has 22 rings (SSSR count). The lowest BCUT2D eigenvalue weighted by molar-refractivity contribution is 0.396. The highest BCUT2D eigenvalue weighted by Gasteiger charge is 2.30. The Morgan fingerprint density at radius 1 is 0.194 bits per heavy atom. The van der Waals surface area contributed by atoms with E-state index >= 15 is 0 Å². The van der Waals surface area contributed by atoms with Gasteiger partial charge in [0.05, 0.1) is 6.33 Å². The molecular formula is C137H141N7. The van der Waals surface area contributed by atoms with Gasteiger partial charge in [-0.05, 0) is 326 Å². The van der Waals surface area contributed by atoms with Crippen molar-refractivity contribution in [2.24, 2.45) is 0 Å². The number of hydrogen-bond donors (Lipinski definition) is 0. The average Bonchev–Trinajstić information content (AvgIpc) is 1.71. The molecule has 20 aromatic carbocycles. The molecule has 144 heavy (non-hydrogen) atoms. The quantitative estimate of drug-likeness (QED) is 0.128. The number of hydrogen-bond acceptors (Lipinski definition) is 5. The van der Waals surface area contributed by atoms with Gasteiger partial charge in [-0.1, -0.05) is 373 Å². The van der Waals surface area contributed by atoms with Crippen LogP contribution in [0.3, 0.4) is 0 Å². The fourth-order valence-electron chi connectivity index (χ4n) is 19.8. The number of aromatic nitrogens is 3. The molecule has 0 atom stereocenters. The SMILES string of the molecule is CC(C)(C)N(c1ccc(-c2ccccc2)cc1)c1ccc(-c2ccccc2)cc1.CC(C)(C)N(c1ccc2ccccc2c1)c1ccc2ccccc2c1.CC(C)(C)N(c1cccc2ccccc12)c1cccc2ccccc12.CC(C)(C)N(c1ccccc1)c1ccccc1.CC(C)(C)c1ccc2c3ccccc3c3ccccc3c2c1.CC(C)(C)n1c2ccccc2c2ccccc21.CC(C)(C)n1ccnc1. The number of imidazole rings is 1. The number of fused-ring (bicyclic) bond motifs is 13. The fraction of sp³-hybridized carbons (Fsp3) is 0.204. The summed E-state index contributed by atoms with van der Waals surface area (Å²) >= 11 is 0. The zero-order chi connectivity index (χ0) is 102. The molecule has 0 aliphatic carbocycles. The Balaban J connectivity index is 0.000000123. The van der Waals surface area contributed by atoms with Crippen LogP contribution in [-0.4, -0.2) is 36.3 Å². The van der Waals surface area contributed by atoms with Crippen LogP contribution in [0.2, 0.25) is 0 Å². The fourth-order valence-corrected chi connectivity index (χ4v) is 19.8. The molecule has 7 nitrogen and oxygen atoms in total. The summed E-state index contributed by atoms with van der Waals surface area (Å²) < 4.78 is 4.50. The van der Waals surface area contributed by atoms with E-state index in [9.17, 15) is 0 Å². The Hall–Kier alpha value is -15.6. The molecule has 724 valence electrons. The highest BCUT2D eigenvalue weighted by atomic mass is 15.2. The molecule has 0 fully saturated rings. The van der Waals surface area contributed by atoms with Crippen molar-refractivity contribution in [1.82, 2.24) is 14.1 Å². The van der Waals surface area contributed by atoms with Crippen molar-refractivity contribution in [3.63, 3.8) is 0 Å². The van der Waals surface area contributed by atoms with Gasteiger partial charge in [0.25, 0.3) is 0 Å². The van der Waals surface area contributed by atoms with Gasteiger partial charge in [-0.25, -0.2) is 4.98 Å². The summed E-state index contributed by atoms with van der Waals surface area (Å²) in [6, 6.07) is 162. The largest absolute Gasteiger partial charge is 0.336 e. The van der Waals surface area contributed by atoms with Crippen molar-refractivity contribution in [3.8, 4) is 22.3 Å². The molecule has 0 radical (unpaired) electrons. The Labute approximate surface area is 856 Å². The van der Waals surface area contributed by atoms with E-state index in [-0.39, 0.29) is 38.6 Å². The molecule has 0 unspecified atom stereocenters. The maximum absolute atomic E-state index is 3.95. The Bertz CT molecular complexity index is 7630. The number of para-hydroxylation sites is 4. The monoisotopic (exact) mass is 1880 g/mol. The van der Waals surface area contributed by atoms with Gasteiger partial charge in [-0.3, -0.25) is 0 Å². The van der Waals surface area contributed by atoms with E-state index in [1.54, 1.807) is 6.20 Å². The highest BCUT2D eigenvalue weighted by Crippen LogP contribution is 2.45. The average molecular weight is 1890 g/mol. The summed E-state index contributed by atoms with van der Waals surface area (Å²) in [5, 5.41) is 21.0. The van der Waals surface area contributed by atoms with Crippen molar-refractivity contribution < 1.29 is 0 Å². The van der Waals surface area contributed by atoms with E-state index in [0.717, 1.165) is 0 Å². The zero-order valence-corrected chi connectivity index (χ0v) is 88.2. The maximum atomic E-state index is 3.95. The van der Waals surface area contributed by atoms with Crippen molar-refractivity contribution in [1.29, 1.82) is 0 Å². The third kappa shape index (κ3) is 23.9. The standard InChI is InChI=1S/C28H27N.2C24H23N.C22H20.C16H17N.C16H19N.C7H12N2/c1-28(2,3)29(26-18-14-24(15-19-26)22-10-6-4-7-11-22)27-20-16-25(17-21-27)23-12-8-5-9-13-23;1-24(2,3)25(22-16-8-12-18-10-4-6-14-20(18)22)23-17-9-13-19-11-5-7-15-21(19)23;1-24(2,3)25(22-14-12-18-8-4-6-10-20(18)16-22)23-15-13-19-9-5-7-11-21(19)17-23;1-22(2,3)15-12-13-20-18-10-5-4-8-16(18)17-9-6-7-11-19(17)21(20)14-15;1-16(2,3)17-14-10-6-4-8-12(14)13-9-5-7-11-15(13)17;1-16(2,3)17(14-10-6-4-7-11-14)15-12-8-5-9-13-15;1-7(2,3)9-5-4-8-6-9/h4-21H,1-3H3;2*4-17H,1-3H3;4-14H,1-3H3;4-11H,1-3H3;4-13H,1-3H3;4-6H,1-3H3. The highest BCUT2D eigenvalue weighted by molar-refractivity contribution is 6.25. The zero-order valence-electron chi connectivity index (χ0n) is 88.2. The van der Waals surface area contributed by atoms with Crippen LogP contribution in [-0.2, 0) is 16.5 Å². The first-order valence-electron chi connectivity index (χ1n) is 50.8. The topological polar surface area (TPSA) is 35.7 Å². The number of rotatable bonds is 10. The summed E-state index contributed by atoms with van der Waals surface area (Å²) in [6.45, 7) is 47.1. The molecule has 7 heteroatoms.